The summed E-state index contributed by atoms with van der Waals surface area (Å²) in [5.41, 5.74) is 0. The highest BCUT2D eigenvalue weighted by atomic mass is 35.5. The minimum absolute atomic E-state index is 0.140. The number of amides is 1. The molecule has 1 atom stereocenters. The number of halogens is 1. The Morgan fingerprint density at radius 2 is 1.88 bits per heavy atom. The van der Waals surface area contributed by atoms with Gasteiger partial charge in [-0.25, -0.2) is 0 Å². The fraction of sp³-hybridized carbons (Fsp3) is 0.389. The van der Waals surface area contributed by atoms with Crippen LogP contribution in [0.25, 0.3) is 0 Å². The van der Waals surface area contributed by atoms with Crippen LogP contribution in [-0.4, -0.2) is 59.3 Å². The van der Waals surface area contributed by atoms with Gasteiger partial charge in [-0.15, -0.1) is 11.8 Å². The lowest BCUT2D eigenvalue weighted by atomic mass is 10.3. The largest absolute Gasteiger partial charge is 0.480 e. The predicted octanol–water partition coefficient (Wildman–Crippen LogP) is 2.97. The molecule has 1 unspecified atom stereocenters. The Morgan fingerprint density at radius 1 is 1.19 bits per heavy atom. The minimum Gasteiger partial charge on any atom is -0.480 e. The van der Waals surface area contributed by atoms with Crippen LogP contribution >= 0.6 is 23.4 Å². The van der Waals surface area contributed by atoms with Gasteiger partial charge in [0.25, 0.3) is 0 Å². The smallest absolute Gasteiger partial charge is 0.235 e. The number of thioether (sulfide) groups is 1. The summed E-state index contributed by atoms with van der Waals surface area (Å²) in [6.45, 7) is 4.74. The fourth-order valence-electron chi connectivity index (χ4n) is 2.77. The monoisotopic (exact) mass is 392 g/mol. The third-order valence-electron chi connectivity index (χ3n) is 4.20. The van der Waals surface area contributed by atoms with Crippen LogP contribution in [-0.2, 0) is 4.79 Å². The van der Waals surface area contributed by atoms with E-state index in [1.54, 1.807) is 31.3 Å². The number of hydrogen-bond acceptors (Lipinski definition) is 6. The predicted molar refractivity (Wildman–Crippen MR) is 104 cm³/mol. The Bertz CT molecular complexity index is 751. The first-order valence-electron chi connectivity index (χ1n) is 8.39. The number of nitrogens with zero attached hydrogens (tertiary/aromatic N) is 4. The van der Waals surface area contributed by atoms with Gasteiger partial charge in [-0.05, 0) is 31.2 Å². The summed E-state index contributed by atoms with van der Waals surface area (Å²) >= 11 is 7.46. The van der Waals surface area contributed by atoms with Gasteiger partial charge in [-0.2, -0.15) is 4.98 Å². The van der Waals surface area contributed by atoms with Crippen LogP contribution in [0.15, 0.2) is 41.6 Å². The van der Waals surface area contributed by atoms with Crippen molar-refractivity contribution in [1.82, 2.24) is 14.9 Å². The number of carbonyl (C=O) groups is 1. The maximum Gasteiger partial charge on any atom is 0.235 e. The molecule has 0 aliphatic carbocycles. The molecule has 6 nitrogen and oxygen atoms in total. The molecule has 3 rings (SSSR count). The highest BCUT2D eigenvalue weighted by Gasteiger charge is 2.26. The first kappa shape index (κ1) is 18.8. The molecule has 2 heterocycles. The van der Waals surface area contributed by atoms with Crippen molar-refractivity contribution >= 4 is 35.1 Å². The summed E-state index contributed by atoms with van der Waals surface area (Å²) in [6, 6.07) is 7.57. The fourth-order valence-corrected chi connectivity index (χ4v) is 3.85. The normalized spacial score (nSPS) is 15.7. The Morgan fingerprint density at radius 3 is 2.54 bits per heavy atom. The van der Waals surface area contributed by atoms with Crippen LogP contribution in [0.2, 0.25) is 5.02 Å². The lowest BCUT2D eigenvalue weighted by Crippen LogP contribution is -2.50. The summed E-state index contributed by atoms with van der Waals surface area (Å²) in [5, 5.41) is 0.560. The quantitative estimate of drug-likeness (QED) is 0.729. The highest BCUT2D eigenvalue weighted by molar-refractivity contribution is 8.00. The van der Waals surface area contributed by atoms with Crippen molar-refractivity contribution in [3.63, 3.8) is 0 Å². The van der Waals surface area contributed by atoms with E-state index in [4.69, 9.17) is 16.3 Å². The number of aromatic nitrogens is 2. The van der Waals surface area contributed by atoms with E-state index in [0.717, 1.165) is 23.8 Å². The summed E-state index contributed by atoms with van der Waals surface area (Å²) in [6.07, 6.45) is 3.30. The molecular formula is C18H21ClN4O2S. The first-order chi connectivity index (χ1) is 12.6. The van der Waals surface area contributed by atoms with E-state index < -0.39 is 0 Å². The van der Waals surface area contributed by atoms with Crippen molar-refractivity contribution in [1.29, 1.82) is 0 Å². The summed E-state index contributed by atoms with van der Waals surface area (Å²) in [7, 11) is 1.57. The lowest BCUT2D eigenvalue weighted by molar-refractivity contribution is -0.130. The minimum atomic E-state index is -0.140. The molecule has 8 heteroatoms. The first-order valence-corrected chi connectivity index (χ1v) is 9.64. The van der Waals surface area contributed by atoms with Gasteiger partial charge in [0.15, 0.2) is 5.82 Å². The van der Waals surface area contributed by atoms with Crippen molar-refractivity contribution in [3.05, 3.63) is 41.7 Å². The molecule has 1 aliphatic heterocycles. The number of hydrogen-bond donors (Lipinski definition) is 0. The SMILES string of the molecule is COc1cncc(N2CCN(C(=O)C(C)Sc3ccc(Cl)cc3)CC2)n1. The Labute approximate surface area is 162 Å². The zero-order valence-electron chi connectivity index (χ0n) is 14.8. The maximum absolute atomic E-state index is 12.7. The molecule has 26 heavy (non-hydrogen) atoms. The third-order valence-corrected chi connectivity index (χ3v) is 5.55. The molecule has 0 N–H and O–H groups in total. The number of benzene rings is 1. The summed E-state index contributed by atoms with van der Waals surface area (Å²) in [5.74, 6) is 1.43. The number of ether oxygens (including phenoxy) is 1. The molecule has 1 saturated heterocycles. The number of rotatable bonds is 5. The molecule has 0 saturated carbocycles. The zero-order valence-corrected chi connectivity index (χ0v) is 16.3. The zero-order chi connectivity index (χ0) is 18.5. The van der Waals surface area contributed by atoms with Crippen molar-refractivity contribution in [3.8, 4) is 5.88 Å². The number of anilines is 1. The van der Waals surface area contributed by atoms with Gasteiger partial charge in [0.05, 0.1) is 24.8 Å². The van der Waals surface area contributed by atoms with Crippen molar-refractivity contribution in [2.75, 3.05) is 38.2 Å². The van der Waals surface area contributed by atoms with E-state index in [0.29, 0.717) is 24.0 Å². The summed E-state index contributed by atoms with van der Waals surface area (Å²) < 4.78 is 5.12. The Kier molecular flexibility index (Phi) is 6.21. The Balaban J connectivity index is 1.55. The standard InChI is InChI=1S/C18H21ClN4O2S/c1-13(26-15-5-3-14(19)4-6-15)18(24)23-9-7-22(8-10-23)16-11-20-12-17(21-16)25-2/h3-6,11-13H,7-10H2,1-2H3. The van der Waals surface area contributed by atoms with E-state index in [9.17, 15) is 4.79 Å². The van der Waals surface area contributed by atoms with Gasteiger partial charge in [0.2, 0.25) is 11.8 Å². The van der Waals surface area contributed by atoms with E-state index in [1.165, 1.54) is 0 Å². The molecule has 1 aliphatic rings. The van der Waals surface area contributed by atoms with Crippen LogP contribution in [0.3, 0.4) is 0 Å². The van der Waals surface area contributed by atoms with E-state index in [1.807, 2.05) is 36.1 Å². The second-order valence-corrected chi connectivity index (χ2v) is 7.80. The van der Waals surface area contributed by atoms with Crippen LogP contribution in [0.5, 0.6) is 5.88 Å². The van der Waals surface area contributed by atoms with Gasteiger partial charge in [-0.1, -0.05) is 11.6 Å². The van der Waals surface area contributed by atoms with E-state index in [2.05, 4.69) is 14.9 Å². The third kappa shape index (κ3) is 4.59. The lowest BCUT2D eigenvalue weighted by Gasteiger charge is -2.36. The molecule has 1 aromatic heterocycles. The van der Waals surface area contributed by atoms with Gasteiger partial charge >= 0.3 is 0 Å². The van der Waals surface area contributed by atoms with Crippen LogP contribution in [0.4, 0.5) is 5.82 Å². The molecule has 0 spiro atoms. The second kappa shape index (κ2) is 8.60. The van der Waals surface area contributed by atoms with Gasteiger partial charge in [-0.3, -0.25) is 9.78 Å². The molecular weight excluding hydrogens is 372 g/mol. The molecule has 0 radical (unpaired) electrons. The van der Waals surface area contributed by atoms with Crippen LogP contribution in [0, 0.1) is 0 Å². The van der Waals surface area contributed by atoms with Crippen LogP contribution in [0.1, 0.15) is 6.92 Å². The molecule has 0 bridgehead atoms. The topological polar surface area (TPSA) is 58.6 Å². The van der Waals surface area contributed by atoms with Gasteiger partial charge in [0, 0.05) is 36.1 Å². The highest BCUT2D eigenvalue weighted by Crippen LogP contribution is 2.26. The second-order valence-electron chi connectivity index (χ2n) is 5.95. The maximum atomic E-state index is 12.7. The number of carbonyl (C=O) groups excluding carboxylic acids is 1. The Hall–Kier alpha value is -1.99. The average Bonchev–Trinajstić information content (AvgIpc) is 2.69. The number of piperazine rings is 1. The molecule has 138 valence electrons. The van der Waals surface area contributed by atoms with E-state index >= 15 is 0 Å². The molecule has 2 aromatic rings. The van der Waals surface area contributed by atoms with Gasteiger partial charge < -0.3 is 14.5 Å². The molecule has 1 amide bonds. The van der Waals surface area contributed by atoms with E-state index in [-0.39, 0.29) is 11.2 Å². The number of methoxy groups -OCH3 is 1. The van der Waals surface area contributed by atoms with Crippen LogP contribution < -0.4 is 9.64 Å². The molecule has 1 fully saturated rings. The van der Waals surface area contributed by atoms with Crippen molar-refractivity contribution in [2.45, 2.75) is 17.1 Å². The molecule has 1 aromatic carbocycles. The average molecular weight is 393 g/mol. The van der Waals surface area contributed by atoms with Gasteiger partial charge in [0.1, 0.15) is 0 Å². The van der Waals surface area contributed by atoms with Crippen molar-refractivity contribution in [2.24, 2.45) is 0 Å². The van der Waals surface area contributed by atoms with Crippen molar-refractivity contribution < 1.29 is 9.53 Å². The summed E-state index contributed by atoms with van der Waals surface area (Å²) in [4.78, 5) is 26.4.